The van der Waals surface area contributed by atoms with E-state index in [2.05, 4.69) is 9.71 Å². The van der Waals surface area contributed by atoms with Crippen molar-refractivity contribution in [1.82, 2.24) is 4.98 Å². The SMILES string of the molecule is Cc1cc(S(=O)(=O)Nc2ccnc(Cl)c2)c(C)s1. The highest BCUT2D eigenvalue weighted by atomic mass is 35.5. The van der Waals surface area contributed by atoms with Gasteiger partial charge in [-0.3, -0.25) is 4.72 Å². The lowest BCUT2D eigenvalue weighted by Crippen LogP contribution is -2.13. The lowest BCUT2D eigenvalue weighted by molar-refractivity contribution is 0.601. The number of sulfonamides is 1. The van der Waals surface area contributed by atoms with Gasteiger partial charge in [-0.25, -0.2) is 13.4 Å². The summed E-state index contributed by atoms with van der Waals surface area (Å²) in [6.07, 6.45) is 1.45. The standard InChI is InChI=1S/C11H11ClN2O2S2/c1-7-5-10(8(2)17-7)18(15,16)14-9-3-4-13-11(12)6-9/h3-6H,1-2H3,(H,13,14). The largest absolute Gasteiger partial charge is 0.279 e. The predicted octanol–water partition coefficient (Wildman–Crippen LogP) is 3.21. The molecule has 0 fully saturated rings. The van der Waals surface area contributed by atoms with E-state index in [0.29, 0.717) is 10.6 Å². The molecule has 18 heavy (non-hydrogen) atoms. The first-order valence-electron chi connectivity index (χ1n) is 5.10. The van der Waals surface area contributed by atoms with Crippen LogP contribution in [0, 0.1) is 13.8 Å². The Hall–Kier alpha value is -1.11. The summed E-state index contributed by atoms with van der Waals surface area (Å²) >= 11 is 7.16. The molecule has 0 aromatic carbocycles. The Morgan fingerprint density at radius 2 is 2.06 bits per heavy atom. The molecule has 0 unspecified atom stereocenters. The van der Waals surface area contributed by atoms with Crippen molar-refractivity contribution in [1.29, 1.82) is 0 Å². The topological polar surface area (TPSA) is 59.1 Å². The minimum Gasteiger partial charge on any atom is -0.279 e. The molecule has 0 spiro atoms. The molecule has 1 N–H and O–H groups in total. The summed E-state index contributed by atoms with van der Waals surface area (Å²) in [6.45, 7) is 3.66. The molecular weight excluding hydrogens is 292 g/mol. The molecule has 0 aliphatic heterocycles. The summed E-state index contributed by atoms with van der Waals surface area (Å²) < 4.78 is 26.8. The van der Waals surface area contributed by atoms with Crippen LogP contribution in [-0.2, 0) is 10.0 Å². The highest BCUT2D eigenvalue weighted by Gasteiger charge is 2.19. The fraction of sp³-hybridized carbons (Fsp3) is 0.182. The van der Waals surface area contributed by atoms with E-state index in [1.807, 2.05) is 6.92 Å². The van der Waals surface area contributed by atoms with Crippen LogP contribution in [0.2, 0.25) is 5.15 Å². The Labute approximate surface area is 115 Å². The summed E-state index contributed by atoms with van der Waals surface area (Å²) in [6, 6.07) is 4.68. The maximum atomic E-state index is 12.2. The summed E-state index contributed by atoms with van der Waals surface area (Å²) in [5.41, 5.74) is 0.401. The van der Waals surface area contributed by atoms with Crippen molar-refractivity contribution in [2.75, 3.05) is 4.72 Å². The fourth-order valence-electron chi connectivity index (χ4n) is 1.55. The van der Waals surface area contributed by atoms with Crippen LogP contribution in [0.3, 0.4) is 0 Å². The first-order chi connectivity index (χ1) is 8.38. The van der Waals surface area contributed by atoms with Crippen LogP contribution >= 0.6 is 22.9 Å². The normalized spacial score (nSPS) is 11.5. The van der Waals surface area contributed by atoms with Crippen LogP contribution in [-0.4, -0.2) is 13.4 Å². The van der Waals surface area contributed by atoms with E-state index in [1.165, 1.54) is 23.6 Å². The second-order valence-corrected chi connectivity index (χ2v) is 7.25. The van der Waals surface area contributed by atoms with Gasteiger partial charge in [0.25, 0.3) is 10.0 Å². The van der Waals surface area contributed by atoms with E-state index < -0.39 is 10.0 Å². The Morgan fingerprint density at radius 1 is 1.33 bits per heavy atom. The molecule has 4 nitrogen and oxygen atoms in total. The van der Waals surface area contributed by atoms with E-state index in [9.17, 15) is 8.42 Å². The van der Waals surface area contributed by atoms with E-state index in [0.717, 1.165) is 9.75 Å². The number of thiophene rings is 1. The number of pyridine rings is 1. The summed E-state index contributed by atoms with van der Waals surface area (Å²) in [7, 11) is -3.57. The third kappa shape index (κ3) is 2.82. The molecule has 0 saturated carbocycles. The molecule has 2 aromatic heterocycles. The second-order valence-electron chi connectivity index (χ2n) is 3.75. The van der Waals surface area contributed by atoms with Gasteiger partial charge in [-0.15, -0.1) is 11.3 Å². The maximum Gasteiger partial charge on any atom is 0.263 e. The average molecular weight is 303 g/mol. The van der Waals surface area contributed by atoms with Crippen LogP contribution in [0.15, 0.2) is 29.3 Å². The third-order valence-electron chi connectivity index (χ3n) is 2.26. The summed E-state index contributed by atoms with van der Waals surface area (Å²) in [4.78, 5) is 5.82. The Bertz CT molecular complexity index is 680. The van der Waals surface area contributed by atoms with Crippen molar-refractivity contribution in [3.05, 3.63) is 39.3 Å². The number of anilines is 1. The van der Waals surface area contributed by atoms with Crippen molar-refractivity contribution in [3.63, 3.8) is 0 Å². The van der Waals surface area contributed by atoms with Crippen LogP contribution in [0.25, 0.3) is 0 Å². The summed E-state index contributed by atoms with van der Waals surface area (Å²) in [5.74, 6) is 0. The molecule has 0 aliphatic carbocycles. The summed E-state index contributed by atoms with van der Waals surface area (Å²) in [5, 5.41) is 0.244. The zero-order valence-electron chi connectivity index (χ0n) is 9.77. The first-order valence-corrected chi connectivity index (χ1v) is 7.77. The van der Waals surface area contributed by atoms with E-state index in [1.54, 1.807) is 19.1 Å². The number of aromatic nitrogens is 1. The van der Waals surface area contributed by atoms with Gasteiger partial charge in [0.1, 0.15) is 10.0 Å². The average Bonchev–Trinajstić information content (AvgIpc) is 2.58. The Kier molecular flexibility index (Phi) is 3.61. The molecule has 96 valence electrons. The Morgan fingerprint density at radius 3 is 2.61 bits per heavy atom. The highest BCUT2D eigenvalue weighted by molar-refractivity contribution is 7.93. The Balaban J connectivity index is 2.36. The minimum atomic E-state index is -3.57. The monoisotopic (exact) mass is 302 g/mol. The molecular formula is C11H11ClN2O2S2. The lowest BCUT2D eigenvalue weighted by Gasteiger charge is -2.07. The van der Waals surface area contributed by atoms with Gasteiger partial charge in [-0.2, -0.15) is 0 Å². The van der Waals surface area contributed by atoms with Crippen molar-refractivity contribution < 1.29 is 8.42 Å². The number of hydrogen-bond donors (Lipinski definition) is 1. The van der Waals surface area contributed by atoms with Crippen LogP contribution in [0.4, 0.5) is 5.69 Å². The fourth-order valence-corrected chi connectivity index (χ4v) is 4.33. The van der Waals surface area contributed by atoms with Crippen LogP contribution in [0.1, 0.15) is 9.75 Å². The van der Waals surface area contributed by atoms with E-state index >= 15 is 0 Å². The number of nitrogens with zero attached hydrogens (tertiary/aromatic N) is 1. The van der Waals surface area contributed by atoms with Crippen molar-refractivity contribution in [3.8, 4) is 0 Å². The first kappa shape index (κ1) is 13.3. The van der Waals surface area contributed by atoms with Gasteiger partial charge < -0.3 is 0 Å². The molecule has 0 aliphatic rings. The zero-order chi connectivity index (χ0) is 13.3. The van der Waals surface area contributed by atoms with E-state index in [4.69, 9.17) is 11.6 Å². The minimum absolute atomic E-state index is 0.244. The van der Waals surface area contributed by atoms with Crippen LogP contribution in [0.5, 0.6) is 0 Å². The quantitative estimate of drug-likeness (QED) is 0.886. The molecule has 0 bridgehead atoms. The molecule has 0 amide bonds. The number of hydrogen-bond acceptors (Lipinski definition) is 4. The smallest absolute Gasteiger partial charge is 0.263 e. The highest BCUT2D eigenvalue weighted by Crippen LogP contribution is 2.27. The van der Waals surface area contributed by atoms with Gasteiger partial charge in [-0.05, 0) is 32.0 Å². The number of aryl methyl sites for hydroxylation is 2. The number of nitrogens with one attached hydrogen (secondary N) is 1. The van der Waals surface area contributed by atoms with Gasteiger partial charge in [0.2, 0.25) is 0 Å². The van der Waals surface area contributed by atoms with Crippen molar-refractivity contribution in [2.45, 2.75) is 18.7 Å². The second kappa shape index (κ2) is 4.87. The van der Waals surface area contributed by atoms with Crippen LogP contribution < -0.4 is 4.72 Å². The molecule has 2 rings (SSSR count). The van der Waals surface area contributed by atoms with Gasteiger partial charge in [-0.1, -0.05) is 11.6 Å². The van der Waals surface area contributed by atoms with Gasteiger partial charge >= 0.3 is 0 Å². The number of halogens is 1. The molecule has 2 aromatic rings. The zero-order valence-corrected chi connectivity index (χ0v) is 12.2. The molecule has 2 heterocycles. The molecule has 0 radical (unpaired) electrons. The number of rotatable bonds is 3. The molecule has 0 atom stereocenters. The van der Waals surface area contributed by atoms with Gasteiger partial charge in [0, 0.05) is 16.0 Å². The predicted molar refractivity (Wildman–Crippen MR) is 73.8 cm³/mol. The lowest BCUT2D eigenvalue weighted by atomic mass is 10.4. The molecule has 0 saturated heterocycles. The van der Waals surface area contributed by atoms with Gasteiger partial charge in [0.15, 0.2) is 0 Å². The van der Waals surface area contributed by atoms with Crippen molar-refractivity contribution in [2.24, 2.45) is 0 Å². The molecule has 7 heteroatoms. The van der Waals surface area contributed by atoms with Gasteiger partial charge in [0.05, 0.1) is 5.69 Å². The van der Waals surface area contributed by atoms with Crippen molar-refractivity contribution >= 4 is 38.6 Å². The third-order valence-corrected chi connectivity index (χ3v) is 5.07. The van der Waals surface area contributed by atoms with E-state index in [-0.39, 0.29) is 5.15 Å². The maximum absolute atomic E-state index is 12.2.